The molecular formula is C16H22N2O. The maximum absolute atomic E-state index is 5.89. The minimum Gasteiger partial charge on any atom is -0.493 e. The first-order valence-electron chi connectivity index (χ1n) is 7.24. The van der Waals surface area contributed by atoms with Crippen LogP contribution < -0.4 is 16.0 Å². The Morgan fingerprint density at radius 1 is 1.26 bits per heavy atom. The molecule has 0 saturated heterocycles. The number of nitrogens with one attached hydrogen (secondary N) is 1. The Bertz CT molecular complexity index is 470. The van der Waals surface area contributed by atoms with Gasteiger partial charge in [0.1, 0.15) is 5.75 Å². The molecule has 2 aliphatic rings. The average Bonchev–Trinajstić information content (AvgIpc) is 2.49. The zero-order valence-electron chi connectivity index (χ0n) is 11.3. The van der Waals surface area contributed by atoms with E-state index in [0.29, 0.717) is 5.92 Å². The highest BCUT2D eigenvalue weighted by atomic mass is 16.5. The average molecular weight is 258 g/mol. The number of fused-ring (bicyclic) bond motifs is 1. The van der Waals surface area contributed by atoms with E-state index in [4.69, 9.17) is 10.6 Å². The van der Waals surface area contributed by atoms with Gasteiger partial charge in [0.15, 0.2) is 0 Å². The summed E-state index contributed by atoms with van der Waals surface area (Å²) in [5.41, 5.74) is 5.80. The highest BCUT2D eigenvalue weighted by Gasteiger charge is 2.29. The standard InChI is InChI=1S/C16H22N2O/c17-18-16(12-6-2-1-3-7-12)14-10-13-8-4-5-9-15(13)19-11-14/h4-6,8-9,14,16,18H,1-3,7,10-11,17H2. The third kappa shape index (κ3) is 2.67. The smallest absolute Gasteiger partial charge is 0.122 e. The van der Waals surface area contributed by atoms with Crippen LogP contribution in [0, 0.1) is 5.92 Å². The summed E-state index contributed by atoms with van der Waals surface area (Å²) in [4.78, 5) is 0. The largest absolute Gasteiger partial charge is 0.493 e. The Morgan fingerprint density at radius 3 is 2.95 bits per heavy atom. The second kappa shape index (κ2) is 5.76. The predicted molar refractivity (Wildman–Crippen MR) is 76.8 cm³/mol. The molecule has 0 amide bonds. The van der Waals surface area contributed by atoms with Gasteiger partial charge in [-0.05, 0) is 43.7 Å². The summed E-state index contributed by atoms with van der Waals surface area (Å²) < 4.78 is 5.89. The molecule has 102 valence electrons. The van der Waals surface area contributed by atoms with E-state index in [2.05, 4.69) is 29.7 Å². The van der Waals surface area contributed by atoms with Crippen LogP contribution >= 0.6 is 0 Å². The van der Waals surface area contributed by atoms with Crippen LogP contribution in [0.2, 0.25) is 0 Å². The Labute approximate surface area is 114 Å². The first kappa shape index (κ1) is 12.7. The molecule has 0 fully saturated rings. The van der Waals surface area contributed by atoms with Crippen LogP contribution in [0.4, 0.5) is 0 Å². The third-order valence-electron chi connectivity index (χ3n) is 4.28. The Balaban J connectivity index is 1.77. The molecule has 1 aliphatic carbocycles. The lowest BCUT2D eigenvalue weighted by molar-refractivity contribution is 0.193. The molecule has 3 nitrogen and oxygen atoms in total. The number of para-hydroxylation sites is 1. The van der Waals surface area contributed by atoms with E-state index >= 15 is 0 Å². The van der Waals surface area contributed by atoms with Crippen molar-refractivity contribution in [3.8, 4) is 5.75 Å². The topological polar surface area (TPSA) is 47.3 Å². The molecule has 1 aromatic carbocycles. The maximum Gasteiger partial charge on any atom is 0.122 e. The normalized spacial score (nSPS) is 24.1. The van der Waals surface area contributed by atoms with Crippen molar-refractivity contribution in [3.63, 3.8) is 0 Å². The molecule has 19 heavy (non-hydrogen) atoms. The number of ether oxygens (including phenoxy) is 1. The van der Waals surface area contributed by atoms with E-state index in [1.807, 2.05) is 6.07 Å². The van der Waals surface area contributed by atoms with E-state index in [-0.39, 0.29) is 6.04 Å². The van der Waals surface area contributed by atoms with Gasteiger partial charge >= 0.3 is 0 Å². The predicted octanol–water partition coefficient (Wildman–Crippen LogP) is 2.57. The van der Waals surface area contributed by atoms with E-state index in [9.17, 15) is 0 Å². The van der Waals surface area contributed by atoms with E-state index in [0.717, 1.165) is 18.8 Å². The Morgan fingerprint density at radius 2 is 2.16 bits per heavy atom. The van der Waals surface area contributed by atoms with Gasteiger partial charge in [0.2, 0.25) is 0 Å². The van der Waals surface area contributed by atoms with Crippen molar-refractivity contribution in [2.45, 2.75) is 38.1 Å². The van der Waals surface area contributed by atoms with Gasteiger partial charge in [-0.15, -0.1) is 0 Å². The lowest BCUT2D eigenvalue weighted by Gasteiger charge is -2.33. The van der Waals surface area contributed by atoms with E-state index < -0.39 is 0 Å². The summed E-state index contributed by atoms with van der Waals surface area (Å²) in [6.07, 6.45) is 8.38. The molecule has 3 rings (SSSR count). The van der Waals surface area contributed by atoms with Crippen molar-refractivity contribution in [1.29, 1.82) is 0 Å². The van der Waals surface area contributed by atoms with Gasteiger partial charge in [0, 0.05) is 12.0 Å². The fourth-order valence-electron chi connectivity index (χ4n) is 3.26. The van der Waals surface area contributed by atoms with E-state index in [1.165, 1.54) is 36.8 Å². The van der Waals surface area contributed by atoms with Crippen molar-refractivity contribution < 1.29 is 4.74 Å². The summed E-state index contributed by atoms with van der Waals surface area (Å²) in [6.45, 7) is 0.753. The van der Waals surface area contributed by atoms with E-state index in [1.54, 1.807) is 0 Å². The highest BCUT2D eigenvalue weighted by Crippen LogP contribution is 2.32. The molecule has 0 radical (unpaired) electrons. The second-order valence-corrected chi connectivity index (χ2v) is 5.55. The summed E-state index contributed by atoms with van der Waals surface area (Å²) in [6, 6.07) is 8.57. The number of rotatable bonds is 3. The van der Waals surface area contributed by atoms with Crippen LogP contribution in [0.3, 0.4) is 0 Å². The SMILES string of the molecule is NNC(C1=CCCCC1)C1COc2ccccc2C1. The number of allylic oxidation sites excluding steroid dienone is 1. The Kier molecular flexibility index (Phi) is 3.85. The molecule has 2 atom stereocenters. The fourth-order valence-corrected chi connectivity index (χ4v) is 3.26. The van der Waals surface area contributed by atoms with Gasteiger partial charge in [-0.25, -0.2) is 0 Å². The molecule has 2 unspecified atom stereocenters. The lowest BCUT2D eigenvalue weighted by atomic mass is 9.83. The van der Waals surface area contributed by atoms with Crippen molar-refractivity contribution >= 4 is 0 Å². The number of nitrogens with two attached hydrogens (primary N) is 1. The molecule has 1 heterocycles. The third-order valence-corrected chi connectivity index (χ3v) is 4.28. The van der Waals surface area contributed by atoms with Gasteiger partial charge in [-0.2, -0.15) is 0 Å². The van der Waals surface area contributed by atoms with Gasteiger partial charge < -0.3 is 4.74 Å². The summed E-state index contributed by atoms with van der Waals surface area (Å²) in [7, 11) is 0. The van der Waals surface area contributed by atoms with Crippen molar-refractivity contribution in [3.05, 3.63) is 41.5 Å². The van der Waals surface area contributed by atoms with Crippen LogP contribution in [0.25, 0.3) is 0 Å². The van der Waals surface area contributed by atoms with Gasteiger partial charge in [0.05, 0.1) is 6.61 Å². The minimum absolute atomic E-state index is 0.258. The molecule has 0 aromatic heterocycles. The minimum atomic E-state index is 0.258. The highest BCUT2D eigenvalue weighted by molar-refractivity contribution is 5.36. The Hall–Kier alpha value is -1.32. The number of hydrazine groups is 1. The van der Waals surface area contributed by atoms with Crippen LogP contribution in [0.5, 0.6) is 5.75 Å². The molecule has 3 N–H and O–H groups in total. The monoisotopic (exact) mass is 258 g/mol. The van der Waals surface area contributed by atoms with Crippen LogP contribution in [-0.4, -0.2) is 12.6 Å². The summed E-state index contributed by atoms with van der Waals surface area (Å²) >= 11 is 0. The molecule has 0 bridgehead atoms. The fraction of sp³-hybridized carbons (Fsp3) is 0.500. The molecule has 0 spiro atoms. The van der Waals surface area contributed by atoms with Crippen LogP contribution in [-0.2, 0) is 6.42 Å². The summed E-state index contributed by atoms with van der Waals surface area (Å²) in [5.74, 6) is 7.28. The first-order valence-corrected chi connectivity index (χ1v) is 7.24. The van der Waals surface area contributed by atoms with Crippen molar-refractivity contribution in [2.24, 2.45) is 11.8 Å². The van der Waals surface area contributed by atoms with Gasteiger partial charge in [-0.1, -0.05) is 29.8 Å². The van der Waals surface area contributed by atoms with Crippen molar-refractivity contribution in [2.75, 3.05) is 6.61 Å². The first-order chi connectivity index (χ1) is 9.38. The molecule has 3 heteroatoms. The van der Waals surface area contributed by atoms with Gasteiger partial charge in [-0.3, -0.25) is 11.3 Å². The molecule has 1 aliphatic heterocycles. The van der Waals surface area contributed by atoms with Gasteiger partial charge in [0.25, 0.3) is 0 Å². The van der Waals surface area contributed by atoms with Crippen LogP contribution in [0.15, 0.2) is 35.9 Å². The number of hydrogen-bond donors (Lipinski definition) is 2. The molecule has 1 aromatic rings. The zero-order chi connectivity index (χ0) is 13.1. The van der Waals surface area contributed by atoms with Crippen molar-refractivity contribution in [1.82, 2.24) is 5.43 Å². The maximum atomic E-state index is 5.89. The molecular weight excluding hydrogens is 236 g/mol. The van der Waals surface area contributed by atoms with Crippen LogP contribution in [0.1, 0.15) is 31.2 Å². The number of hydrogen-bond acceptors (Lipinski definition) is 3. The zero-order valence-corrected chi connectivity index (χ0v) is 11.3. The lowest BCUT2D eigenvalue weighted by Crippen LogP contribution is -2.46. The number of benzene rings is 1. The molecule has 0 saturated carbocycles. The summed E-state index contributed by atoms with van der Waals surface area (Å²) in [5, 5.41) is 0. The quantitative estimate of drug-likeness (QED) is 0.497. The second-order valence-electron chi connectivity index (χ2n) is 5.55.